The van der Waals surface area contributed by atoms with Crippen molar-refractivity contribution in [3.63, 3.8) is 0 Å². The van der Waals surface area contributed by atoms with Crippen LogP contribution >= 0.6 is 11.6 Å². The zero-order chi connectivity index (χ0) is 35.2. The van der Waals surface area contributed by atoms with Gasteiger partial charge in [-0.05, 0) is 60.6 Å². The van der Waals surface area contributed by atoms with Crippen LogP contribution in [0, 0.1) is 5.92 Å². The molecule has 1 aromatic carbocycles. The second-order valence-corrected chi connectivity index (χ2v) is 11.1. The molecule has 48 heavy (non-hydrogen) atoms. The second kappa shape index (κ2) is 14.8. The van der Waals surface area contributed by atoms with Crippen LogP contribution in [-0.2, 0) is 27.2 Å². The second-order valence-electron chi connectivity index (χ2n) is 10.7. The summed E-state index contributed by atoms with van der Waals surface area (Å²) in [7, 11) is 1.62. The number of benzene rings is 1. The molecule has 2 aliphatic rings. The van der Waals surface area contributed by atoms with E-state index < -0.39 is 23.9 Å². The number of carbonyl (C=O) groups excluding carboxylic acids is 4. The number of carbonyl (C=O) groups is 4. The number of nitrogens with one attached hydrogen (secondary N) is 4. The maximum Gasteiger partial charge on any atom is 0.458 e. The number of Topliss-reactive ketones (excluding diaryl/α,β-unsaturated/α-hetero) is 2. The minimum Gasteiger partial charge on any atom is -0.341 e. The number of rotatable bonds is 4. The molecule has 4 heterocycles. The van der Waals surface area contributed by atoms with Crippen LogP contribution in [0.5, 0.6) is 0 Å². The molecule has 19 heteroatoms. The van der Waals surface area contributed by atoms with Gasteiger partial charge in [0.15, 0.2) is 5.82 Å². The summed E-state index contributed by atoms with van der Waals surface area (Å²) in [6.45, 7) is 1.25. The van der Waals surface area contributed by atoms with Gasteiger partial charge in [0.05, 0.1) is 18.1 Å². The zero-order valence-corrected chi connectivity index (χ0v) is 25.7. The van der Waals surface area contributed by atoms with Crippen LogP contribution in [0.4, 0.5) is 60.0 Å². The molecule has 12 nitrogen and oxygen atoms in total. The molecule has 5 rings (SSSR count). The van der Waals surface area contributed by atoms with Gasteiger partial charge in [0, 0.05) is 44.1 Å². The Balaban J connectivity index is 0.000000371. The average molecular weight is 701 g/mol. The Kier molecular flexibility index (Phi) is 11.1. The van der Waals surface area contributed by atoms with Crippen molar-refractivity contribution in [3.8, 4) is 0 Å². The first-order valence-corrected chi connectivity index (χ1v) is 14.5. The lowest BCUT2D eigenvalue weighted by Crippen LogP contribution is -2.39. The Hall–Kier alpha value is -5.00. The van der Waals surface area contributed by atoms with Gasteiger partial charge in [0.25, 0.3) is 0 Å². The smallest absolute Gasteiger partial charge is 0.341 e. The molecule has 1 fully saturated rings. The summed E-state index contributed by atoms with van der Waals surface area (Å²) in [5.74, 6) is -5.85. The maximum atomic E-state index is 12.9. The van der Waals surface area contributed by atoms with Gasteiger partial charge in [-0.25, -0.2) is 9.78 Å². The predicted octanol–water partition coefficient (Wildman–Crippen LogP) is 5.35. The standard InChI is InChI=1S/C25H27ClN8O2.C4F6O2/c1-27-25(36)34-7-6-16(14-34)9-22(35)32-21-5-4-18-10-17(21)3-2-15-8-19(12-28-11-15)31-24-29-13-20(26)23(30-18)33-24;5-3(6,7)1(11)2(12)4(8,9)10/h4-5,8,10-13,16H,2-3,6-7,9,14H2,1H3,(H,27,36)(H,32,35)(H2,29,30,31,33);. The Labute approximate surface area is 273 Å². The van der Waals surface area contributed by atoms with Crippen molar-refractivity contribution >= 4 is 63.9 Å². The van der Waals surface area contributed by atoms with E-state index in [4.69, 9.17) is 11.6 Å². The van der Waals surface area contributed by atoms with Crippen LogP contribution < -0.4 is 21.3 Å². The van der Waals surface area contributed by atoms with Gasteiger partial charge in [0.1, 0.15) is 5.02 Å². The predicted molar refractivity (Wildman–Crippen MR) is 161 cm³/mol. The Morgan fingerprint density at radius 3 is 2.33 bits per heavy atom. The first-order chi connectivity index (χ1) is 22.5. The van der Waals surface area contributed by atoms with Crippen molar-refractivity contribution in [1.29, 1.82) is 0 Å². The van der Waals surface area contributed by atoms with E-state index >= 15 is 0 Å². The third-order valence-corrected chi connectivity index (χ3v) is 7.38. The van der Waals surface area contributed by atoms with Gasteiger partial charge in [-0.1, -0.05) is 11.6 Å². The number of anilines is 5. The number of alkyl halides is 6. The van der Waals surface area contributed by atoms with Crippen LogP contribution in [-0.4, -0.2) is 75.8 Å². The van der Waals surface area contributed by atoms with E-state index in [0.29, 0.717) is 42.7 Å². The van der Waals surface area contributed by atoms with Crippen LogP contribution in [0.2, 0.25) is 5.02 Å². The van der Waals surface area contributed by atoms with Crippen molar-refractivity contribution in [3.05, 3.63) is 59.0 Å². The Morgan fingerprint density at radius 2 is 1.67 bits per heavy atom. The lowest BCUT2D eigenvalue weighted by Gasteiger charge is -2.17. The number of pyridine rings is 1. The molecule has 0 aliphatic carbocycles. The number of halogens is 7. The van der Waals surface area contributed by atoms with Gasteiger partial charge in [-0.3, -0.25) is 19.4 Å². The highest BCUT2D eigenvalue weighted by atomic mass is 35.5. The fraction of sp³-hybridized carbons (Fsp3) is 0.345. The molecule has 1 saturated heterocycles. The van der Waals surface area contributed by atoms with Gasteiger partial charge >= 0.3 is 30.0 Å². The van der Waals surface area contributed by atoms with Gasteiger partial charge in [0.2, 0.25) is 11.9 Å². The first kappa shape index (κ1) is 35.8. The molecule has 0 spiro atoms. The van der Waals surface area contributed by atoms with Crippen molar-refractivity contribution in [2.75, 3.05) is 36.1 Å². The van der Waals surface area contributed by atoms with Crippen LogP contribution in [0.15, 0.2) is 42.9 Å². The lowest BCUT2D eigenvalue weighted by atomic mass is 10.0. The van der Waals surface area contributed by atoms with E-state index in [0.717, 1.165) is 41.0 Å². The Bertz CT molecular complexity index is 1680. The molecular weight excluding hydrogens is 674 g/mol. The number of likely N-dealkylation sites (tertiary alicyclic amines) is 1. The van der Waals surface area contributed by atoms with Gasteiger partial charge < -0.3 is 26.2 Å². The van der Waals surface area contributed by atoms with Crippen molar-refractivity contribution < 1.29 is 45.5 Å². The fourth-order valence-corrected chi connectivity index (χ4v) is 4.95. The summed E-state index contributed by atoms with van der Waals surface area (Å²) < 4.78 is 67.0. The molecule has 4 N–H and O–H groups in total. The molecule has 256 valence electrons. The summed E-state index contributed by atoms with van der Waals surface area (Å²) in [4.78, 5) is 58.9. The van der Waals surface area contributed by atoms with Crippen LogP contribution in [0.25, 0.3) is 0 Å². The molecule has 2 aromatic heterocycles. The van der Waals surface area contributed by atoms with E-state index in [1.54, 1.807) is 24.3 Å². The number of aromatic nitrogens is 3. The number of ketones is 2. The molecule has 1 unspecified atom stereocenters. The fourth-order valence-electron chi connectivity index (χ4n) is 4.82. The largest absolute Gasteiger partial charge is 0.458 e. The summed E-state index contributed by atoms with van der Waals surface area (Å²) in [5.41, 5.74) is 4.37. The van der Waals surface area contributed by atoms with Crippen molar-refractivity contribution in [2.24, 2.45) is 5.92 Å². The third-order valence-electron chi connectivity index (χ3n) is 7.10. The summed E-state index contributed by atoms with van der Waals surface area (Å²) in [5, 5.41) is 12.6. The number of amides is 3. The van der Waals surface area contributed by atoms with E-state index in [9.17, 15) is 45.5 Å². The first-order valence-electron chi connectivity index (χ1n) is 14.2. The van der Waals surface area contributed by atoms with Gasteiger partial charge in [-0.15, -0.1) is 0 Å². The number of aryl methyl sites for hydroxylation is 2. The summed E-state index contributed by atoms with van der Waals surface area (Å²) in [6.07, 6.45) is -3.84. The highest BCUT2D eigenvalue weighted by Crippen LogP contribution is 2.30. The zero-order valence-electron chi connectivity index (χ0n) is 24.9. The number of urea groups is 1. The molecular formula is C29H27ClF6N8O4. The highest BCUT2D eigenvalue weighted by Gasteiger charge is 2.54. The van der Waals surface area contributed by atoms with E-state index in [-0.39, 0.29) is 17.9 Å². The molecule has 6 bridgehead atoms. The molecule has 3 aromatic rings. The number of hydrogen-bond acceptors (Lipinski definition) is 9. The molecule has 2 aliphatic heterocycles. The quantitative estimate of drug-likeness (QED) is 0.208. The summed E-state index contributed by atoms with van der Waals surface area (Å²) >= 11 is 6.34. The lowest BCUT2D eigenvalue weighted by molar-refractivity contribution is -0.193. The number of hydrogen-bond donors (Lipinski definition) is 4. The molecule has 1 atom stereocenters. The van der Waals surface area contributed by atoms with E-state index in [2.05, 4.69) is 36.2 Å². The van der Waals surface area contributed by atoms with Crippen LogP contribution in [0.3, 0.4) is 0 Å². The monoisotopic (exact) mass is 700 g/mol. The minimum absolute atomic E-state index is 0.0602. The van der Waals surface area contributed by atoms with Crippen molar-refractivity contribution in [1.82, 2.24) is 25.2 Å². The van der Waals surface area contributed by atoms with Crippen molar-refractivity contribution in [2.45, 2.75) is 38.0 Å². The highest BCUT2D eigenvalue weighted by molar-refractivity contribution is 6.41. The Morgan fingerprint density at radius 1 is 0.958 bits per heavy atom. The number of nitrogens with zero attached hydrogens (tertiary/aromatic N) is 4. The average Bonchev–Trinajstić information content (AvgIpc) is 3.49. The van der Waals surface area contributed by atoms with Crippen LogP contribution in [0.1, 0.15) is 24.0 Å². The van der Waals surface area contributed by atoms with E-state index in [1.807, 2.05) is 30.5 Å². The molecule has 0 radical (unpaired) electrons. The molecule has 0 saturated carbocycles. The molecule has 3 amide bonds. The third kappa shape index (κ3) is 9.52. The maximum absolute atomic E-state index is 12.9. The SMILES string of the molecule is CNC(=O)N1CCC(CC(=O)Nc2ccc3cc2CCc2cncc(c2)Nc2ncc(Cl)c(n2)N3)C1.O=C(C(=O)C(F)(F)F)C(F)(F)F. The van der Waals surface area contributed by atoms with E-state index in [1.165, 1.54) is 0 Å². The summed E-state index contributed by atoms with van der Waals surface area (Å²) in [6, 6.07) is 7.69. The van der Waals surface area contributed by atoms with Gasteiger partial charge in [-0.2, -0.15) is 31.3 Å². The minimum atomic E-state index is -5.77. The topological polar surface area (TPSA) is 158 Å². The normalized spacial score (nSPS) is 15.6. The number of fused-ring (bicyclic) bond motifs is 6.